The molecule has 0 saturated carbocycles. The lowest BCUT2D eigenvalue weighted by atomic mass is 10.1. The van der Waals surface area contributed by atoms with Crippen LogP contribution in [-0.2, 0) is 17.4 Å². The van der Waals surface area contributed by atoms with Crippen molar-refractivity contribution in [1.82, 2.24) is 10.2 Å². The third kappa shape index (κ3) is 4.76. The summed E-state index contributed by atoms with van der Waals surface area (Å²) in [7, 11) is 0. The van der Waals surface area contributed by atoms with Crippen LogP contribution in [0.2, 0.25) is 0 Å². The number of hydrogen-bond acceptors (Lipinski definition) is 4. The van der Waals surface area contributed by atoms with Crippen molar-refractivity contribution in [3.05, 3.63) is 65.0 Å². The first kappa shape index (κ1) is 19.6. The molecule has 0 unspecified atom stereocenters. The van der Waals surface area contributed by atoms with Gasteiger partial charge in [-0.2, -0.15) is 13.2 Å². The van der Waals surface area contributed by atoms with Gasteiger partial charge in [0, 0.05) is 24.1 Å². The quantitative estimate of drug-likeness (QED) is 0.671. The first-order valence-electron chi connectivity index (χ1n) is 8.59. The fourth-order valence-electron chi connectivity index (χ4n) is 2.69. The lowest BCUT2D eigenvalue weighted by molar-refractivity contribution is -0.137. The molecule has 3 aromatic rings. The van der Waals surface area contributed by atoms with Gasteiger partial charge in [-0.05, 0) is 43.7 Å². The lowest BCUT2D eigenvalue weighted by Gasteiger charge is -2.08. The largest absolute Gasteiger partial charge is 0.421 e. The highest BCUT2D eigenvalue weighted by Crippen LogP contribution is 2.31. The number of nitrogens with zero attached hydrogens (tertiary/aromatic N) is 2. The van der Waals surface area contributed by atoms with E-state index in [0.29, 0.717) is 0 Å². The van der Waals surface area contributed by atoms with E-state index in [0.717, 1.165) is 28.9 Å². The standard InChI is InChI=1S/C20H18F3N3O2/c1-12-6-7-16(13(2)10-12)24-17(27)8-9-18-25-26-19(28-18)14-4-3-5-15(11-14)20(21,22)23/h3-7,10-11H,8-9H2,1-2H3,(H,24,27). The number of nitrogens with one attached hydrogen (secondary N) is 1. The summed E-state index contributed by atoms with van der Waals surface area (Å²) in [5.74, 6) is -0.0511. The second-order valence-corrected chi connectivity index (χ2v) is 6.45. The number of amides is 1. The van der Waals surface area contributed by atoms with Gasteiger partial charge in [0.2, 0.25) is 17.7 Å². The minimum atomic E-state index is -4.45. The van der Waals surface area contributed by atoms with Crippen molar-refractivity contribution < 1.29 is 22.4 Å². The fraction of sp³-hybridized carbons (Fsp3) is 0.250. The van der Waals surface area contributed by atoms with E-state index in [4.69, 9.17) is 4.42 Å². The van der Waals surface area contributed by atoms with Crippen LogP contribution in [0.4, 0.5) is 18.9 Å². The van der Waals surface area contributed by atoms with Gasteiger partial charge in [-0.1, -0.05) is 23.8 Å². The van der Waals surface area contributed by atoms with Crippen molar-refractivity contribution in [3.8, 4) is 11.5 Å². The number of carbonyl (C=O) groups excluding carboxylic acids is 1. The maximum atomic E-state index is 12.8. The lowest BCUT2D eigenvalue weighted by Crippen LogP contribution is -2.13. The predicted molar refractivity (Wildman–Crippen MR) is 97.6 cm³/mol. The Balaban J connectivity index is 1.63. The molecule has 1 aromatic heterocycles. The summed E-state index contributed by atoms with van der Waals surface area (Å²) in [4.78, 5) is 12.1. The average Bonchev–Trinajstić information content (AvgIpc) is 3.11. The first-order valence-corrected chi connectivity index (χ1v) is 8.59. The van der Waals surface area contributed by atoms with Gasteiger partial charge < -0.3 is 9.73 Å². The Bertz CT molecular complexity index is 996. The van der Waals surface area contributed by atoms with Crippen LogP contribution in [-0.4, -0.2) is 16.1 Å². The van der Waals surface area contributed by atoms with Crippen LogP contribution in [0.3, 0.4) is 0 Å². The zero-order valence-electron chi connectivity index (χ0n) is 15.3. The molecule has 0 saturated heterocycles. The van der Waals surface area contributed by atoms with Crippen molar-refractivity contribution in [2.75, 3.05) is 5.32 Å². The molecule has 1 amide bonds. The molecule has 0 aliphatic carbocycles. The van der Waals surface area contributed by atoms with E-state index in [1.807, 2.05) is 32.0 Å². The highest BCUT2D eigenvalue weighted by atomic mass is 19.4. The second kappa shape index (κ2) is 7.84. The molecule has 2 aromatic carbocycles. The zero-order chi connectivity index (χ0) is 20.3. The molecule has 1 N–H and O–H groups in total. The van der Waals surface area contributed by atoms with Gasteiger partial charge in [-0.15, -0.1) is 10.2 Å². The third-order valence-electron chi connectivity index (χ3n) is 4.13. The molecule has 0 aliphatic heterocycles. The molecular weight excluding hydrogens is 371 g/mol. The number of aryl methyl sites for hydroxylation is 3. The third-order valence-corrected chi connectivity index (χ3v) is 4.13. The number of carbonyl (C=O) groups is 1. The topological polar surface area (TPSA) is 68.0 Å². The van der Waals surface area contributed by atoms with Gasteiger partial charge in [-0.3, -0.25) is 4.79 Å². The van der Waals surface area contributed by atoms with Gasteiger partial charge in [0.25, 0.3) is 0 Å². The van der Waals surface area contributed by atoms with E-state index in [1.54, 1.807) is 0 Å². The zero-order valence-corrected chi connectivity index (χ0v) is 15.3. The summed E-state index contributed by atoms with van der Waals surface area (Å²) < 4.78 is 43.9. The van der Waals surface area contributed by atoms with Crippen molar-refractivity contribution in [3.63, 3.8) is 0 Å². The van der Waals surface area contributed by atoms with Gasteiger partial charge >= 0.3 is 6.18 Å². The number of aromatic nitrogens is 2. The van der Waals surface area contributed by atoms with Gasteiger partial charge in [-0.25, -0.2) is 0 Å². The molecule has 0 atom stereocenters. The van der Waals surface area contributed by atoms with E-state index in [9.17, 15) is 18.0 Å². The number of halogens is 3. The summed E-state index contributed by atoms with van der Waals surface area (Å²) in [6, 6.07) is 10.4. The molecule has 0 aliphatic rings. The monoisotopic (exact) mass is 389 g/mol. The Morgan fingerprint density at radius 2 is 1.89 bits per heavy atom. The van der Waals surface area contributed by atoms with Crippen molar-refractivity contribution in [2.45, 2.75) is 32.9 Å². The Morgan fingerprint density at radius 3 is 2.61 bits per heavy atom. The van der Waals surface area contributed by atoms with E-state index in [2.05, 4.69) is 15.5 Å². The van der Waals surface area contributed by atoms with Gasteiger partial charge in [0.1, 0.15) is 0 Å². The fourth-order valence-corrected chi connectivity index (χ4v) is 2.69. The maximum absolute atomic E-state index is 12.8. The molecule has 8 heteroatoms. The average molecular weight is 389 g/mol. The first-order chi connectivity index (χ1) is 13.2. The molecule has 1 heterocycles. The summed E-state index contributed by atoms with van der Waals surface area (Å²) in [6.45, 7) is 3.87. The highest BCUT2D eigenvalue weighted by molar-refractivity contribution is 5.91. The van der Waals surface area contributed by atoms with Crippen LogP contribution in [0.25, 0.3) is 11.5 Å². The van der Waals surface area contributed by atoms with Crippen LogP contribution in [0.1, 0.15) is 29.0 Å². The van der Waals surface area contributed by atoms with Gasteiger partial charge in [0.05, 0.1) is 5.56 Å². The highest BCUT2D eigenvalue weighted by Gasteiger charge is 2.30. The van der Waals surface area contributed by atoms with E-state index in [1.165, 1.54) is 12.1 Å². The Labute approximate surface area is 159 Å². The smallest absolute Gasteiger partial charge is 0.416 e. The van der Waals surface area contributed by atoms with E-state index in [-0.39, 0.29) is 36.1 Å². The summed E-state index contributed by atoms with van der Waals surface area (Å²) in [5.41, 5.74) is 2.16. The molecule has 0 radical (unpaired) electrons. The molecule has 0 spiro atoms. The molecule has 0 fully saturated rings. The van der Waals surface area contributed by atoms with Crippen molar-refractivity contribution in [1.29, 1.82) is 0 Å². The molecule has 28 heavy (non-hydrogen) atoms. The number of alkyl halides is 3. The number of hydrogen-bond donors (Lipinski definition) is 1. The predicted octanol–water partition coefficient (Wildman–Crippen LogP) is 4.94. The molecule has 3 rings (SSSR count). The van der Waals surface area contributed by atoms with Crippen LogP contribution in [0, 0.1) is 13.8 Å². The minimum Gasteiger partial charge on any atom is -0.421 e. The molecule has 0 bridgehead atoms. The normalized spacial score (nSPS) is 11.5. The van der Waals surface area contributed by atoms with E-state index < -0.39 is 11.7 Å². The van der Waals surface area contributed by atoms with Crippen LogP contribution in [0.15, 0.2) is 46.9 Å². The molecule has 5 nitrogen and oxygen atoms in total. The summed E-state index contributed by atoms with van der Waals surface area (Å²) >= 11 is 0. The number of rotatable bonds is 5. The number of anilines is 1. The number of benzene rings is 2. The summed E-state index contributed by atoms with van der Waals surface area (Å²) in [6.07, 6.45) is -4.16. The van der Waals surface area contributed by atoms with Crippen molar-refractivity contribution in [2.24, 2.45) is 0 Å². The molecular formula is C20H18F3N3O2. The van der Waals surface area contributed by atoms with Gasteiger partial charge in [0.15, 0.2) is 0 Å². The molecule has 146 valence electrons. The Kier molecular flexibility index (Phi) is 5.48. The van der Waals surface area contributed by atoms with Crippen molar-refractivity contribution >= 4 is 11.6 Å². The van der Waals surface area contributed by atoms with Crippen LogP contribution in [0.5, 0.6) is 0 Å². The Hall–Kier alpha value is -3.16. The summed E-state index contributed by atoms with van der Waals surface area (Å²) in [5, 5.41) is 10.4. The van der Waals surface area contributed by atoms with E-state index >= 15 is 0 Å². The second-order valence-electron chi connectivity index (χ2n) is 6.45. The maximum Gasteiger partial charge on any atom is 0.416 e. The minimum absolute atomic E-state index is 0.0177. The SMILES string of the molecule is Cc1ccc(NC(=O)CCc2nnc(-c3cccc(C(F)(F)F)c3)o2)c(C)c1. The Morgan fingerprint density at radius 1 is 1.11 bits per heavy atom. The van der Waals surface area contributed by atoms with Crippen LogP contribution < -0.4 is 5.32 Å². The van der Waals surface area contributed by atoms with Crippen LogP contribution >= 0.6 is 0 Å².